The van der Waals surface area contributed by atoms with Crippen LogP contribution in [0.5, 0.6) is 0 Å². The highest BCUT2D eigenvalue weighted by Crippen LogP contribution is 2.23. The number of hydrogen-bond acceptors (Lipinski definition) is 8. The van der Waals surface area contributed by atoms with Crippen LogP contribution in [-0.4, -0.2) is 87.5 Å². The third kappa shape index (κ3) is 35.1. The molecule has 0 bridgehead atoms. The van der Waals surface area contributed by atoms with Crippen molar-refractivity contribution in [3.8, 4) is 0 Å². The second-order valence-corrected chi connectivity index (χ2v) is 19.7. The predicted molar refractivity (Wildman–Crippen MR) is 263 cm³/mol. The van der Waals surface area contributed by atoms with Gasteiger partial charge in [-0.1, -0.05) is 264 Å². The number of amides is 1. The maximum atomic E-state index is 13.0. The van der Waals surface area contributed by atoms with Crippen molar-refractivity contribution in [2.24, 2.45) is 0 Å². The SMILES string of the molecule is CCCCCCCCCCCCCCCCCCCCCCCCCCCCCCC(O)C(COC1OC(CO)C(O)C(O)C1O)NC(=O)CCCCCCCCCCCCCC. The molecule has 1 saturated heterocycles. The zero-order valence-electron chi connectivity index (χ0n) is 41.6. The number of carbonyl (C=O) groups excluding carboxylic acids is 1. The van der Waals surface area contributed by atoms with Gasteiger partial charge in [0.25, 0.3) is 0 Å². The van der Waals surface area contributed by atoms with Crippen LogP contribution in [0.4, 0.5) is 0 Å². The summed E-state index contributed by atoms with van der Waals surface area (Å²) in [6.07, 6.45) is 45.7. The first-order valence-corrected chi connectivity index (χ1v) is 27.7. The zero-order chi connectivity index (χ0) is 45.9. The van der Waals surface area contributed by atoms with Gasteiger partial charge in [0.1, 0.15) is 24.4 Å². The Labute approximate surface area is 389 Å². The Morgan fingerprint density at radius 3 is 1.13 bits per heavy atom. The summed E-state index contributed by atoms with van der Waals surface area (Å²) in [5.41, 5.74) is 0. The second-order valence-electron chi connectivity index (χ2n) is 19.7. The smallest absolute Gasteiger partial charge is 0.220 e. The largest absolute Gasteiger partial charge is 0.394 e. The lowest BCUT2D eigenvalue weighted by molar-refractivity contribution is -0.302. The molecule has 9 nitrogen and oxygen atoms in total. The average Bonchev–Trinajstić information content (AvgIpc) is 3.28. The Hall–Kier alpha value is -0.810. The van der Waals surface area contributed by atoms with Gasteiger partial charge in [0.15, 0.2) is 6.29 Å². The van der Waals surface area contributed by atoms with Gasteiger partial charge >= 0.3 is 0 Å². The van der Waals surface area contributed by atoms with E-state index < -0.39 is 49.5 Å². The lowest BCUT2D eigenvalue weighted by Crippen LogP contribution is -2.60. The molecule has 0 aromatic heterocycles. The minimum Gasteiger partial charge on any atom is -0.394 e. The maximum Gasteiger partial charge on any atom is 0.220 e. The summed E-state index contributed by atoms with van der Waals surface area (Å²) in [5.74, 6) is -0.140. The maximum absolute atomic E-state index is 13.0. The van der Waals surface area contributed by atoms with Crippen LogP contribution in [0.1, 0.15) is 284 Å². The van der Waals surface area contributed by atoms with Gasteiger partial charge in [-0.05, 0) is 12.8 Å². The van der Waals surface area contributed by atoms with Gasteiger partial charge in [-0.25, -0.2) is 0 Å². The Bertz CT molecular complexity index is 955. The van der Waals surface area contributed by atoms with E-state index >= 15 is 0 Å². The van der Waals surface area contributed by atoms with E-state index in [1.807, 2.05) is 0 Å². The van der Waals surface area contributed by atoms with Crippen LogP contribution < -0.4 is 5.32 Å². The summed E-state index contributed by atoms with van der Waals surface area (Å²) < 4.78 is 11.3. The van der Waals surface area contributed by atoms with E-state index in [-0.39, 0.29) is 12.5 Å². The fraction of sp³-hybridized carbons (Fsp3) is 0.981. The van der Waals surface area contributed by atoms with Crippen LogP contribution in [0.25, 0.3) is 0 Å². The standard InChI is InChI=1S/C54H107NO8/c1-3-5-7-9-11-13-15-17-18-19-20-21-22-23-24-25-26-27-28-29-30-31-32-33-35-37-39-41-43-48(57)47(46-62-54-53(61)52(60)51(59)49(45-56)63-54)55-50(58)44-42-40-38-36-34-16-14-12-10-8-6-4-2/h47-49,51-54,56-57,59-61H,3-46H2,1-2H3,(H,55,58). The van der Waals surface area contributed by atoms with Crippen LogP contribution >= 0.6 is 0 Å². The summed E-state index contributed by atoms with van der Waals surface area (Å²) in [6, 6.07) is -0.712. The molecule has 1 amide bonds. The van der Waals surface area contributed by atoms with Crippen molar-refractivity contribution in [2.75, 3.05) is 13.2 Å². The van der Waals surface area contributed by atoms with Gasteiger partial charge in [-0.2, -0.15) is 0 Å². The molecule has 376 valence electrons. The van der Waals surface area contributed by atoms with Crippen molar-refractivity contribution in [1.82, 2.24) is 5.32 Å². The normalized spacial score (nSPS) is 20.0. The van der Waals surface area contributed by atoms with Crippen LogP contribution in [0.3, 0.4) is 0 Å². The summed E-state index contributed by atoms with van der Waals surface area (Å²) in [7, 11) is 0. The van der Waals surface area contributed by atoms with Crippen molar-refractivity contribution in [2.45, 2.75) is 326 Å². The molecule has 6 N–H and O–H groups in total. The molecule has 0 aromatic carbocycles. The summed E-state index contributed by atoms with van der Waals surface area (Å²) in [5, 5.41) is 54.5. The summed E-state index contributed by atoms with van der Waals surface area (Å²) >= 11 is 0. The summed E-state index contributed by atoms with van der Waals surface area (Å²) in [6.45, 7) is 3.86. The third-order valence-corrected chi connectivity index (χ3v) is 13.7. The quantitative estimate of drug-likeness (QED) is 0.0331. The Morgan fingerprint density at radius 1 is 0.476 bits per heavy atom. The van der Waals surface area contributed by atoms with Crippen LogP contribution in [0.2, 0.25) is 0 Å². The molecule has 1 heterocycles. The van der Waals surface area contributed by atoms with Gasteiger partial charge < -0.3 is 40.3 Å². The van der Waals surface area contributed by atoms with Crippen molar-refractivity contribution < 1.29 is 39.8 Å². The number of aliphatic hydroxyl groups excluding tert-OH is 5. The highest BCUT2D eigenvalue weighted by molar-refractivity contribution is 5.76. The minimum absolute atomic E-state index is 0.131. The molecule has 7 atom stereocenters. The van der Waals surface area contributed by atoms with Gasteiger partial charge in [0.05, 0.1) is 25.4 Å². The number of ether oxygens (including phenoxy) is 2. The number of nitrogens with one attached hydrogen (secondary N) is 1. The van der Waals surface area contributed by atoms with E-state index in [0.29, 0.717) is 12.8 Å². The van der Waals surface area contributed by atoms with E-state index in [1.165, 1.54) is 218 Å². The number of carbonyl (C=O) groups is 1. The number of aliphatic hydroxyl groups is 5. The highest BCUT2D eigenvalue weighted by Gasteiger charge is 2.44. The van der Waals surface area contributed by atoms with Crippen LogP contribution in [0.15, 0.2) is 0 Å². The zero-order valence-corrected chi connectivity index (χ0v) is 41.6. The highest BCUT2D eigenvalue weighted by atomic mass is 16.7. The van der Waals surface area contributed by atoms with Gasteiger partial charge in [-0.15, -0.1) is 0 Å². The molecule has 1 aliphatic rings. The predicted octanol–water partition coefficient (Wildman–Crippen LogP) is 13.1. The van der Waals surface area contributed by atoms with E-state index in [1.54, 1.807) is 0 Å². The molecule has 0 saturated carbocycles. The first-order chi connectivity index (χ1) is 30.8. The topological polar surface area (TPSA) is 149 Å². The molecular weight excluding hydrogens is 791 g/mol. The molecule has 0 radical (unpaired) electrons. The number of rotatable bonds is 48. The van der Waals surface area contributed by atoms with Crippen molar-refractivity contribution >= 4 is 5.91 Å². The lowest BCUT2D eigenvalue weighted by Gasteiger charge is -2.40. The monoisotopic (exact) mass is 898 g/mol. The van der Waals surface area contributed by atoms with Crippen molar-refractivity contribution in [3.63, 3.8) is 0 Å². The Morgan fingerprint density at radius 2 is 0.794 bits per heavy atom. The molecule has 0 aromatic rings. The van der Waals surface area contributed by atoms with Crippen LogP contribution in [0, 0.1) is 0 Å². The first kappa shape index (κ1) is 60.2. The van der Waals surface area contributed by atoms with E-state index in [9.17, 15) is 30.3 Å². The average molecular weight is 898 g/mol. The first-order valence-electron chi connectivity index (χ1n) is 27.7. The molecule has 63 heavy (non-hydrogen) atoms. The van der Waals surface area contributed by atoms with Crippen LogP contribution in [-0.2, 0) is 14.3 Å². The molecule has 0 spiro atoms. The summed E-state index contributed by atoms with van der Waals surface area (Å²) in [4.78, 5) is 13.0. The fourth-order valence-electron chi connectivity index (χ4n) is 9.28. The van der Waals surface area contributed by atoms with E-state index in [2.05, 4.69) is 19.2 Å². The number of hydrogen-bond donors (Lipinski definition) is 6. The lowest BCUT2D eigenvalue weighted by atomic mass is 9.99. The second kappa shape index (κ2) is 45.0. The molecule has 9 heteroatoms. The molecule has 7 unspecified atom stereocenters. The Kier molecular flexibility index (Phi) is 43.0. The van der Waals surface area contributed by atoms with Crippen molar-refractivity contribution in [3.05, 3.63) is 0 Å². The van der Waals surface area contributed by atoms with Gasteiger partial charge in [-0.3, -0.25) is 4.79 Å². The van der Waals surface area contributed by atoms with E-state index in [4.69, 9.17) is 9.47 Å². The molecule has 0 aliphatic carbocycles. The van der Waals surface area contributed by atoms with Gasteiger partial charge in [0, 0.05) is 6.42 Å². The molecule has 1 fully saturated rings. The molecule has 1 aliphatic heterocycles. The third-order valence-electron chi connectivity index (χ3n) is 13.7. The van der Waals surface area contributed by atoms with Gasteiger partial charge in [0.2, 0.25) is 5.91 Å². The minimum atomic E-state index is -1.55. The molecule has 1 rings (SSSR count). The Balaban J connectivity index is 2.14. The van der Waals surface area contributed by atoms with E-state index in [0.717, 1.165) is 38.5 Å². The number of unbranched alkanes of at least 4 members (excludes halogenated alkanes) is 38. The molecular formula is C54H107NO8. The fourth-order valence-corrected chi connectivity index (χ4v) is 9.28. The van der Waals surface area contributed by atoms with Crippen molar-refractivity contribution in [1.29, 1.82) is 0 Å².